The number of piperazine rings is 1. The van der Waals surface area contributed by atoms with E-state index >= 15 is 0 Å². The molecule has 1 amide bonds. The minimum absolute atomic E-state index is 0.175. The molecule has 2 aliphatic heterocycles. The molecule has 2 saturated heterocycles. The van der Waals surface area contributed by atoms with Crippen molar-refractivity contribution in [2.75, 3.05) is 39.3 Å². The van der Waals surface area contributed by atoms with Gasteiger partial charge in [-0.15, -0.1) is 0 Å². The average molecular weight is 422 g/mol. The van der Waals surface area contributed by atoms with Crippen molar-refractivity contribution in [1.29, 1.82) is 0 Å². The summed E-state index contributed by atoms with van der Waals surface area (Å²) in [6.07, 6.45) is 4.38. The van der Waals surface area contributed by atoms with Crippen LogP contribution in [0.1, 0.15) is 57.9 Å². The molecule has 6 nitrogen and oxygen atoms in total. The van der Waals surface area contributed by atoms with Gasteiger partial charge in [0.15, 0.2) is 0 Å². The Morgan fingerprint density at radius 2 is 1.72 bits per heavy atom. The van der Waals surface area contributed by atoms with Crippen LogP contribution in [0.25, 0.3) is 0 Å². The molecule has 3 rings (SSSR count). The van der Waals surface area contributed by atoms with Gasteiger partial charge >= 0.3 is 0 Å². The first-order valence-corrected chi connectivity index (χ1v) is 12.4. The van der Waals surface area contributed by atoms with Gasteiger partial charge < -0.3 is 4.90 Å². The zero-order valence-electron chi connectivity index (χ0n) is 18.0. The van der Waals surface area contributed by atoms with Crippen LogP contribution in [0, 0.1) is 0 Å². The minimum Gasteiger partial charge on any atom is -0.339 e. The van der Waals surface area contributed by atoms with Crippen molar-refractivity contribution in [3.63, 3.8) is 0 Å². The smallest absolute Gasteiger partial charge is 0.243 e. The number of hydrogen-bond acceptors (Lipinski definition) is 4. The molecule has 2 fully saturated rings. The molecule has 1 aromatic rings. The second-order valence-electron chi connectivity index (χ2n) is 8.49. The highest BCUT2D eigenvalue weighted by atomic mass is 32.2. The van der Waals surface area contributed by atoms with Gasteiger partial charge in [0.05, 0.1) is 11.4 Å². The summed E-state index contributed by atoms with van der Waals surface area (Å²) >= 11 is 0. The van der Waals surface area contributed by atoms with Crippen molar-refractivity contribution in [2.45, 2.75) is 63.3 Å². The van der Waals surface area contributed by atoms with Crippen molar-refractivity contribution >= 4 is 15.9 Å². The Balaban J connectivity index is 1.56. The van der Waals surface area contributed by atoms with Gasteiger partial charge in [0.1, 0.15) is 0 Å². The SMILES string of the molecule is CC[C@@H](C)c1ccc(S(=O)(=O)N2CCN(CC(=O)N3CCCC[C@H]3C)CC2)cc1. The van der Waals surface area contributed by atoms with E-state index in [0.717, 1.165) is 25.8 Å². The largest absolute Gasteiger partial charge is 0.339 e. The summed E-state index contributed by atoms with van der Waals surface area (Å²) in [6.45, 7) is 9.68. The van der Waals surface area contributed by atoms with E-state index in [1.807, 2.05) is 17.0 Å². The third-order valence-corrected chi connectivity index (χ3v) is 8.43. The van der Waals surface area contributed by atoms with E-state index in [4.69, 9.17) is 0 Å². The van der Waals surface area contributed by atoms with E-state index in [0.29, 0.717) is 49.6 Å². The van der Waals surface area contributed by atoms with Crippen LogP contribution in [0.4, 0.5) is 0 Å². The van der Waals surface area contributed by atoms with Crippen LogP contribution in [0.15, 0.2) is 29.2 Å². The van der Waals surface area contributed by atoms with Gasteiger partial charge in [0.2, 0.25) is 15.9 Å². The topological polar surface area (TPSA) is 60.9 Å². The first-order chi connectivity index (χ1) is 13.8. The maximum Gasteiger partial charge on any atom is 0.243 e. The van der Waals surface area contributed by atoms with Crippen molar-refractivity contribution in [2.24, 2.45) is 0 Å². The zero-order chi connectivity index (χ0) is 21.0. The van der Waals surface area contributed by atoms with Crippen molar-refractivity contribution in [1.82, 2.24) is 14.1 Å². The van der Waals surface area contributed by atoms with Gasteiger partial charge in [-0.2, -0.15) is 4.31 Å². The first-order valence-electron chi connectivity index (χ1n) is 10.9. The van der Waals surface area contributed by atoms with E-state index in [-0.39, 0.29) is 5.91 Å². The summed E-state index contributed by atoms with van der Waals surface area (Å²) in [5.74, 6) is 0.601. The van der Waals surface area contributed by atoms with Crippen molar-refractivity contribution in [3.05, 3.63) is 29.8 Å². The monoisotopic (exact) mass is 421 g/mol. The van der Waals surface area contributed by atoms with E-state index in [1.165, 1.54) is 12.0 Å². The fourth-order valence-corrected chi connectivity index (χ4v) is 5.65. The van der Waals surface area contributed by atoms with Crippen LogP contribution in [-0.2, 0) is 14.8 Å². The van der Waals surface area contributed by atoms with Gasteiger partial charge in [0.25, 0.3) is 0 Å². The normalized spacial score (nSPS) is 23.1. The molecule has 2 atom stereocenters. The Morgan fingerprint density at radius 1 is 1.07 bits per heavy atom. The summed E-state index contributed by atoms with van der Waals surface area (Å²) in [5, 5.41) is 0. The summed E-state index contributed by atoms with van der Waals surface area (Å²) in [6, 6.07) is 7.62. The molecule has 0 aliphatic carbocycles. The molecule has 0 spiro atoms. The van der Waals surface area contributed by atoms with Crippen LogP contribution in [-0.4, -0.2) is 73.7 Å². The number of rotatable bonds is 6. The summed E-state index contributed by atoms with van der Waals surface area (Å²) < 4.78 is 27.5. The van der Waals surface area contributed by atoms with Crippen LogP contribution >= 0.6 is 0 Å². The Labute approximate surface area is 175 Å². The molecule has 0 unspecified atom stereocenters. The molecule has 29 heavy (non-hydrogen) atoms. The highest BCUT2D eigenvalue weighted by Crippen LogP contribution is 2.23. The molecule has 2 heterocycles. The van der Waals surface area contributed by atoms with Crippen LogP contribution in [0.3, 0.4) is 0 Å². The lowest BCUT2D eigenvalue weighted by atomic mass is 9.99. The minimum atomic E-state index is -3.48. The molecule has 0 radical (unpaired) electrons. The van der Waals surface area contributed by atoms with Gasteiger partial charge in [-0.25, -0.2) is 8.42 Å². The highest BCUT2D eigenvalue weighted by Gasteiger charge is 2.31. The van der Waals surface area contributed by atoms with Gasteiger partial charge in [-0.05, 0) is 56.2 Å². The molecule has 1 aromatic carbocycles. The number of piperidine rings is 1. The number of benzene rings is 1. The molecular weight excluding hydrogens is 386 g/mol. The number of carbonyl (C=O) groups excluding carboxylic acids is 1. The molecule has 0 aromatic heterocycles. The lowest BCUT2D eigenvalue weighted by Gasteiger charge is -2.37. The second-order valence-corrected chi connectivity index (χ2v) is 10.4. The molecule has 0 bridgehead atoms. The molecular formula is C22H35N3O3S. The van der Waals surface area contributed by atoms with Gasteiger partial charge in [-0.3, -0.25) is 9.69 Å². The molecule has 0 saturated carbocycles. The van der Waals surface area contributed by atoms with Crippen LogP contribution < -0.4 is 0 Å². The fraction of sp³-hybridized carbons (Fsp3) is 0.682. The molecule has 7 heteroatoms. The zero-order valence-corrected chi connectivity index (χ0v) is 18.8. The summed E-state index contributed by atoms with van der Waals surface area (Å²) in [7, 11) is -3.48. The Bertz CT molecular complexity index is 786. The first kappa shape index (κ1) is 22.2. The van der Waals surface area contributed by atoms with Crippen molar-refractivity contribution < 1.29 is 13.2 Å². The third-order valence-electron chi connectivity index (χ3n) is 6.51. The summed E-state index contributed by atoms with van der Waals surface area (Å²) in [4.78, 5) is 17.1. The summed E-state index contributed by atoms with van der Waals surface area (Å²) in [5.41, 5.74) is 1.17. The maximum absolute atomic E-state index is 13.0. The number of hydrogen-bond donors (Lipinski definition) is 0. The quantitative estimate of drug-likeness (QED) is 0.709. The van der Waals surface area contributed by atoms with Gasteiger partial charge in [-0.1, -0.05) is 26.0 Å². The van der Waals surface area contributed by atoms with E-state index in [1.54, 1.807) is 16.4 Å². The number of likely N-dealkylation sites (tertiary alicyclic amines) is 1. The average Bonchev–Trinajstić information content (AvgIpc) is 2.74. The Morgan fingerprint density at radius 3 is 2.31 bits per heavy atom. The highest BCUT2D eigenvalue weighted by molar-refractivity contribution is 7.89. The van der Waals surface area contributed by atoms with E-state index in [9.17, 15) is 13.2 Å². The third kappa shape index (κ3) is 5.19. The molecule has 2 aliphatic rings. The van der Waals surface area contributed by atoms with Crippen molar-refractivity contribution in [3.8, 4) is 0 Å². The van der Waals surface area contributed by atoms with Crippen LogP contribution in [0.2, 0.25) is 0 Å². The second kappa shape index (κ2) is 9.58. The predicted molar refractivity (Wildman–Crippen MR) is 115 cm³/mol. The number of nitrogens with zero attached hydrogens (tertiary/aromatic N) is 3. The molecule has 0 N–H and O–H groups in total. The fourth-order valence-electron chi connectivity index (χ4n) is 4.23. The van der Waals surface area contributed by atoms with E-state index in [2.05, 4.69) is 25.7 Å². The lowest BCUT2D eigenvalue weighted by molar-refractivity contribution is -0.135. The van der Waals surface area contributed by atoms with Gasteiger partial charge in [0, 0.05) is 38.8 Å². The molecule has 162 valence electrons. The Kier molecular flexibility index (Phi) is 7.35. The number of amides is 1. The van der Waals surface area contributed by atoms with E-state index < -0.39 is 10.0 Å². The lowest BCUT2D eigenvalue weighted by Crippen LogP contribution is -2.53. The number of carbonyl (C=O) groups is 1. The van der Waals surface area contributed by atoms with Crippen LogP contribution in [0.5, 0.6) is 0 Å². The maximum atomic E-state index is 13.0. The standard InChI is InChI=1S/C22H35N3O3S/c1-4-18(2)20-8-10-21(11-9-20)29(27,28)24-15-13-23(14-16-24)17-22(26)25-12-6-5-7-19(25)3/h8-11,18-19H,4-7,12-17H2,1-3H3/t18-,19-/m1/s1. The predicted octanol–water partition coefficient (Wildman–Crippen LogP) is 2.91. The number of sulfonamides is 1. The Hall–Kier alpha value is -1.44.